The molecule has 10 nitrogen and oxygen atoms in total. The van der Waals surface area contributed by atoms with Crippen molar-refractivity contribution in [2.75, 3.05) is 30.6 Å². The number of carbonyl (C=O) groups excluding carboxylic acids is 4. The van der Waals surface area contributed by atoms with Crippen LogP contribution in [-0.2, 0) is 17.5 Å². The Bertz CT molecular complexity index is 1620. The lowest BCUT2D eigenvalue weighted by Gasteiger charge is -2.33. The minimum atomic E-state index is -4.59. The summed E-state index contributed by atoms with van der Waals surface area (Å²) < 4.78 is 59.4. The third-order valence-corrected chi connectivity index (χ3v) is 11.9. The summed E-state index contributed by atoms with van der Waals surface area (Å²) in [6.45, 7) is 1.73. The molecule has 0 aliphatic carbocycles. The van der Waals surface area contributed by atoms with Crippen LogP contribution in [0.5, 0.6) is 0 Å². The van der Waals surface area contributed by atoms with E-state index in [0.29, 0.717) is 40.6 Å². The second-order valence-corrected chi connectivity index (χ2v) is 14.2. The summed E-state index contributed by atoms with van der Waals surface area (Å²) in [4.78, 5) is 56.3. The Hall–Kier alpha value is -4.66. The Morgan fingerprint density at radius 1 is 1.07 bits per heavy atom. The van der Waals surface area contributed by atoms with Crippen molar-refractivity contribution in [3.63, 3.8) is 0 Å². The molecule has 2 N–H and O–H groups in total. The number of amides is 5. The lowest BCUT2D eigenvalue weighted by Crippen LogP contribution is -2.38. The number of nitrogens with one attached hydrogen (secondary N) is 2. The Balaban J connectivity index is 1.26. The second-order valence-electron chi connectivity index (χ2n) is 10.6. The predicted octanol–water partition coefficient (Wildman–Crippen LogP) is 5.68. The quantitative estimate of drug-likeness (QED) is 0.175. The molecular weight excluding hydrogens is 618 g/mol. The van der Waals surface area contributed by atoms with Crippen LogP contribution in [0.1, 0.15) is 43.8 Å². The third kappa shape index (κ3) is 6.57. The van der Waals surface area contributed by atoms with E-state index in [1.54, 1.807) is 44.3 Å². The highest BCUT2D eigenvalue weighted by atomic mass is 32.3. The van der Waals surface area contributed by atoms with Gasteiger partial charge in [0.15, 0.2) is 0 Å². The van der Waals surface area contributed by atoms with Gasteiger partial charge in [0.05, 0.1) is 16.7 Å². The normalized spacial score (nSPS) is 20.2. The summed E-state index contributed by atoms with van der Waals surface area (Å²) in [5, 5.41) is 4.84. The Morgan fingerprint density at radius 2 is 1.76 bits per heavy atom. The Labute approximate surface area is 257 Å². The number of benzene rings is 2. The van der Waals surface area contributed by atoms with E-state index in [4.69, 9.17) is 4.74 Å². The zero-order chi connectivity index (χ0) is 32.5. The van der Waals surface area contributed by atoms with Gasteiger partial charge >= 0.3 is 18.3 Å². The van der Waals surface area contributed by atoms with E-state index < -0.39 is 51.7 Å². The fourth-order valence-electron chi connectivity index (χ4n) is 5.08. The highest BCUT2D eigenvalue weighted by Gasteiger charge is 2.55. The molecular formula is C30H29F4N5O5S. The van der Waals surface area contributed by atoms with Gasteiger partial charge in [-0.05, 0) is 54.8 Å². The average Bonchev–Trinajstić information content (AvgIpc) is 3.67. The first-order valence-electron chi connectivity index (χ1n) is 13.8. The SMILES string of the molecule is Cc1c(F)cccc1CNC(=O)N(C)S1(COC(=O)Nc2ccc(C(F)(F)F)cn2)CC1CCN1C(=O)c2ccccc2C1=O. The van der Waals surface area contributed by atoms with Crippen LogP contribution in [0.15, 0.2) is 60.8 Å². The molecule has 0 bridgehead atoms. The Morgan fingerprint density at radius 3 is 2.38 bits per heavy atom. The molecule has 1 saturated heterocycles. The van der Waals surface area contributed by atoms with E-state index in [1.807, 2.05) is 0 Å². The van der Waals surface area contributed by atoms with E-state index in [0.717, 1.165) is 17.0 Å². The maximum absolute atomic E-state index is 14.0. The number of hydrogen-bond donors (Lipinski definition) is 2. The number of pyridine rings is 1. The standard InChI is InChI=1S/C30H29F4N5O5S/c1-18-19(6-5-9-24(18)31)14-36-28(42)38(2)45(17-44-29(43)37-25-11-10-20(15-35-25)30(32,33)34)16-21(45)12-13-39-26(40)22-7-3-4-8-23(22)27(39)41/h3-11,15,21H,12-14,16-17H2,1-2H3,(H,36,42)(H,35,37,43). The smallest absolute Gasteiger partial charge is 0.417 e. The minimum absolute atomic E-state index is 0.0446. The van der Waals surface area contributed by atoms with Crippen LogP contribution in [0.25, 0.3) is 0 Å². The number of carbonyl (C=O) groups is 4. The van der Waals surface area contributed by atoms with E-state index >= 15 is 0 Å². The van der Waals surface area contributed by atoms with E-state index in [2.05, 4.69) is 15.6 Å². The van der Waals surface area contributed by atoms with Crippen LogP contribution in [0, 0.1) is 12.7 Å². The molecule has 5 amide bonds. The van der Waals surface area contributed by atoms with Crippen molar-refractivity contribution in [1.82, 2.24) is 19.5 Å². The second kappa shape index (κ2) is 12.4. The van der Waals surface area contributed by atoms with Gasteiger partial charge in [0.2, 0.25) is 0 Å². The van der Waals surface area contributed by atoms with E-state index in [9.17, 15) is 36.7 Å². The fraction of sp³-hybridized carbons (Fsp3) is 0.300. The average molecular weight is 648 g/mol. The van der Waals surface area contributed by atoms with Crippen molar-refractivity contribution < 1.29 is 41.5 Å². The first-order chi connectivity index (χ1) is 21.3. The number of ether oxygens (including phenoxy) is 1. The number of halogens is 4. The number of alkyl halides is 3. The predicted molar refractivity (Wildman–Crippen MR) is 158 cm³/mol. The number of fused-ring (bicyclic) bond motifs is 1. The van der Waals surface area contributed by atoms with Gasteiger partial charge in [-0.15, -0.1) is 10.2 Å². The molecule has 0 spiro atoms. The van der Waals surface area contributed by atoms with Gasteiger partial charge in [-0.1, -0.05) is 24.3 Å². The van der Waals surface area contributed by atoms with Gasteiger partial charge in [0.25, 0.3) is 11.8 Å². The molecule has 45 heavy (non-hydrogen) atoms. The largest absolute Gasteiger partial charge is 0.438 e. The van der Waals surface area contributed by atoms with Crippen molar-refractivity contribution >= 4 is 40.0 Å². The zero-order valence-corrected chi connectivity index (χ0v) is 25.0. The van der Waals surface area contributed by atoms with Gasteiger partial charge in [-0.3, -0.25) is 24.1 Å². The van der Waals surface area contributed by atoms with E-state index in [1.165, 1.54) is 16.4 Å². The number of hydrogen-bond acceptors (Lipinski definition) is 6. The lowest BCUT2D eigenvalue weighted by atomic mass is 10.1. The number of nitrogens with zero attached hydrogens (tertiary/aromatic N) is 3. The highest BCUT2D eigenvalue weighted by molar-refractivity contribution is 8.38. The molecule has 238 valence electrons. The number of anilines is 1. The summed E-state index contributed by atoms with van der Waals surface area (Å²) in [7, 11) is -0.589. The van der Waals surface area contributed by atoms with Gasteiger partial charge in [0, 0.05) is 37.3 Å². The highest BCUT2D eigenvalue weighted by Crippen LogP contribution is 2.71. The zero-order valence-electron chi connectivity index (χ0n) is 24.2. The molecule has 15 heteroatoms. The number of rotatable bonds is 9. The Kier molecular flexibility index (Phi) is 8.74. The monoisotopic (exact) mass is 647 g/mol. The van der Waals surface area contributed by atoms with Crippen LogP contribution < -0.4 is 10.6 Å². The minimum Gasteiger partial charge on any atom is -0.438 e. The van der Waals surface area contributed by atoms with Crippen LogP contribution in [-0.4, -0.2) is 68.7 Å². The molecule has 1 fully saturated rings. The molecule has 0 radical (unpaired) electrons. The van der Waals surface area contributed by atoms with Crippen molar-refractivity contribution in [1.29, 1.82) is 0 Å². The van der Waals surface area contributed by atoms with Gasteiger partial charge in [-0.2, -0.15) is 13.2 Å². The molecule has 2 aliphatic rings. The maximum Gasteiger partial charge on any atom is 0.417 e. The maximum atomic E-state index is 14.0. The summed E-state index contributed by atoms with van der Waals surface area (Å²) in [6.07, 6.45) is -4.65. The number of aromatic nitrogens is 1. The number of imide groups is 1. The van der Waals surface area contributed by atoms with Crippen LogP contribution in [0.2, 0.25) is 0 Å². The van der Waals surface area contributed by atoms with Crippen molar-refractivity contribution in [2.45, 2.75) is 31.3 Å². The van der Waals surface area contributed by atoms with Gasteiger partial charge < -0.3 is 10.1 Å². The van der Waals surface area contributed by atoms with Crippen LogP contribution in [0.4, 0.5) is 33.0 Å². The molecule has 3 heterocycles. The first kappa shape index (κ1) is 31.8. The van der Waals surface area contributed by atoms with Gasteiger partial charge in [0.1, 0.15) is 17.6 Å². The van der Waals surface area contributed by atoms with E-state index in [-0.39, 0.29) is 30.1 Å². The van der Waals surface area contributed by atoms with Crippen molar-refractivity contribution in [3.05, 3.63) is 94.4 Å². The molecule has 2 aliphatic heterocycles. The van der Waals surface area contributed by atoms with Crippen LogP contribution >= 0.6 is 10.2 Å². The lowest BCUT2D eigenvalue weighted by molar-refractivity contribution is -0.137. The van der Waals surface area contributed by atoms with Crippen molar-refractivity contribution in [3.8, 4) is 0 Å². The fourth-order valence-corrected chi connectivity index (χ4v) is 8.65. The summed E-state index contributed by atoms with van der Waals surface area (Å²) in [5.74, 6) is -1.15. The van der Waals surface area contributed by atoms with Crippen LogP contribution in [0.3, 0.4) is 0 Å². The summed E-state index contributed by atoms with van der Waals surface area (Å²) in [6, 6.07) is 12.3. The molecule has 2 aromatic carbocycles. The molecule has 0 saturated carbocycles. The van der Waals surface area contributed by atoms with Gasteiger partial charge in [-0.25, -0.2) is 19.0 Å². The molecule has 1 aromatic heterocycles. The molecule has 2 atom stereocenters. The molecule has 5 rings (SSSR count). The molecule has 2 unspecified atom stereocenters. The topological polar surface area (TPSA) is 121 Å². The number of urea groups is 1. The first-order valence-corrected chi connectivity index (χ1v) is 15.8. The summed E-state index contributed by atoms with van der Waals surface area (Å²) in [5.41, 5.74) is 0.628. The van der Waals surface area contributed by atoms with Crippen molar-refractivity contribution in [2.24, 2.45) is 0 Å². The summed E-state index contributed by atoms with van der Waals surface area (Å²) >= 11 is 0. The molecule has 3 aromatic rings. The third-order valence-electron chi connectivity index (χ3n) is 7.89.